The Balaban J connectivity index is 1.84. The standard InChI is InChI=1S/C20H14ClF3N2O2/c21-15-6-8-16(9-7-15)25-18(27)17-5-2-10-26(19(17)28)12-13-3-1-4-14(11-13)20(22,23)24/h1-11H,12H2,(H,25,27). The molecule has 0 saturated carbocycles. The van der Waals surface area contributed by atoms with E-state index < -0.39 is 23.2 Å². The van der Waals surface area contributed by atoms with Crippen LogP contribution in [0.2, 0.25) is 5.02 Å². The van der Waals surface area contributed by atoms with E-state index in [2.05, 4.69) is 5.32 Å². The molecule has 0 unspecified atom stereocenters. The van der Waals surface area contributed by atoms with Gasteiger partial charge in [-0.05, 0) is 54.1 Å². The zero-order chi connectivity index (χ0) is 20.3. The normalized spacial score (nSPS) is 11.3. The Morgan fingerprint density at radius 3 is 2.43 bits per heavy atom. The van der Waals surface area contributed by atoms with Crippen LogP contribution in [0.5, 0.6) is 0 Å². The molecule has 0 aliphatic carbocycles. The first kappa shape index (κ1) is 19.7. The lowest BCUT2D eigenvalue weighted by Gasteiger charge is -2.11. The second kappa shape index (κ2) is 7.90. The van der Waals surface area contributed by atoms with Crippen molar-refractivity contribution in [2.45, 2.75) is 12.7 Å². The molecule has 4 nitrogen and oxygen atoms in total. The van der Waals surface area contributed by atoms with Gasteiger partial charge in [0.05, 0.1) is 12.1 Å². The topological polar surface area (TPSA) is 51.1 Å². The second-order valence-corrected chi connectivity index (χ2v) is 6.45. The lowest BCUT2D eigenvalue weighted by Crippen LogP contribution is -2.29. The van der Waals surface area contributed by atoms with Gasteiger partial charge in [-0.2, -0.15) is 13.2 Å². The zero-order valence-electron chi connectivity index (χ0n) is 14.3. The first-order valence-electron chi connectivity index (χ1n) is 8.16. The van der Waals surface area contributed by atoms with Crippen molar-refractivity contribution < 1.29 is 18.0 Å². The minimum Gasteiger partial charge on any atom is -0.322 e. The molecular weight excluding hydrogens is 393 g/mol. The molecule has 0 atom stereocenters. The van der Waals surface area contributed by atoms with Crippen molar-refractivity contribution in [1.82, 2.24) is 4.57 Å². The second-order valence-electron chi connectivity index (χ2n) is 6.01. The number of amides is 1. The quantitative estimate of drug-likeness (QED) is 0.675. The SMILES string of the molecule is O=C(Nc1ccc(Cl)cc1)c1cccn(Cc2cccc(C(F)(F)F)c2)c1=O. The van der Waals surface area contributed by atoms with Crippen LogP contribution in [0.25, 0.3) is 0 Å². The number of benzene rings is 2. The third-order valence-electron chi connectivity index (χ3n) is 3.97. The molecule has 0 aliphatic heterocycles. The van der Waals surface area contributed by atoms with Crippen LogP contribution in [0.15, 0.2) is 71.7 Å². The Hall–Kier alpha value is -3.06. The van der Waals surface area contributed by atoms with Crippen molar-refractivity contribution in [3.05, 3.63) is 98.9 Å². The maximum Gasteiger partial charge on any atom is 0.416 e. The molecule has 3 rings (SSSR count). The van der Waals surface area contributed by atoms with Crippen LogP contribution < -0.4 is 10.9 Å². The lowest BCUT2D eigenvalue weighted by molar-refractivity contribution is -0.137. The Kier molecular flexibility index (Phi) is 5.56. The van der Waals surface area contributed by atoms with E-state index in [1.807, 2.05) is 0 Å². The van der Waals surface area contributed by atoms with Crippen molar-refractivity contribution >= 4 is 23.2 Å². The van der Waals surface area contributed by atoms with E-state index in [1.165, 1.54) is 35.0 Å². The average molecular weight is 407 g/mol. The number of hydrogen-bond donors (Lipinski definition) is 1. The van der Waals surface area contributed by atoms with Gasteiger partial charge in [0, 0.05) is 16.9 Å². The summed E-state index contributed by atoms with van der Waals surface area (Å²) in [6.45, 7) is -0.0924. The van der Waals surface area contributed by atoms with Crippen LogP contribution >= 0.6 is 11.6 Å². The van der Waals surface area contributed by atoms with E-state index in [-0.39, 0.29) is 12.1 Å². The molecule has 3 aromatic rings. The van der Waals surface area contributed by atoms with Crippen LogP contribution in [0.3, 0.4) is 0 Å². The molecule has 28 heavy (non-hydrogen) atoms. The Bertz CT molecular complexity index is 1060. The van der Waals surface area contributed by atoms with E-state index >= 15 is 0 Å². The Morgan fingerprint density at radius 2 is 1.75 bits per heavy atom. The molecule has 1 heterocycles. The first-order chi connectivity index (χ1) is 13.2. The summed E-state index contributed by atoms with van der Waals surface area (Å²) in [7, 11) is 0. The predicted octanol–water partition coefficient (Wildman–Crippen LogP) is 4.82. The van der Waals surface area contributed by atoms with Gasteiger partial charge in [-0.25, -0.2) is 0 Å². The Morgan fingerprint density at radius 1 is 1.04 bits per heavy atom. The van der Waals surface area contributed by atoms with E-state index in [4.69, 9.17) is 11.6 Å². The van der Waals surface area contributed by atoms with Crippen molar-refractivity contribution in [3.8, 4) is 0 Å². The van der Waals surface area contributed by atoms with Crippen LogP contribution in [0, 0.1) is 0 Å². The van der Waals surface area contributed by atoms with E-state index in [0.717, 1.165) is 12.1 Å². The molecule has 144 valence electrons. The number of nitrogens with zero attached hydrogens (tertiary/aromatic N) is 1. The summed E-state index contributed by atoms with van der Waals surface area (Å²) in [5, 5.41) is 3.09. The number of pyridine rings is 1. The van der Waals surface area contributed by atoms with Gasteiger partial charge in [0.1, 0.15) is 5.56 Å². The fourth-order valence-corrected chi connectivity index (χ4v) is 2.73. The van der Waals surface area contributed by atoms with Crippen molar-refractivity contribution in [3.63, 3.8) is 0 Å². The van der Waals surface area contributed by atoms with Crippen LogP contribution in [-0.2, 0) is 12.7 Å². The number of carbonyl (C=O) groups excluding carboxylic acids is 1. The Labute approximate surface area is 163 Å². The van der Waals surface area contributed by atoms with Gasteiger partial charge >= 0.3 is 6.18 Å². The minimum atomic E-state index is -4.47. The highest BCUT2D eigenvalue weighted by Crippen LogP contribution is 2.29. The van der Waals surface area contributed by atoms with E-state index in [0.29, 0.717) is 16.3 Å². The minimum absolute atomic E-state index is 0.0924. The summed E-state index contributed by atoms with van der Waals surface area (Å²) in [5.74, 6) is -0.620. The summed E-state index contributed by atoms with van der Waals surface area (Å²) in [4.78, 5) is 25.0. The number of rotatable bonds is 4. The number of nitrogens with one attached hydrogen (secondary N) is 1. The first-order valence-corrected chi connectivity index (χ1v) is 8.54. The molecule has 0 radical (unpaired) electrons. The van der Waals surface area contributed by atoms with Crippen molar-refractivity contribution in [1.29, 1.82) is 0 Å². The highest BCUT2D eigenvalue weighted by molar-refractivity contribution is 6.30. The smallest absolute Gasteiger partial charge is 0.322 e. The summed E-state index contributed by atoms with van der Waals surface area (Å²) in [5.41, 5.74) is -0.764. The molecule has 0 bridgehead atoms. The number of alkyl halides is 3. The number of carbonyl (C=O) groups is 1. The predicted molar refractivity (Wildman–Crippen MR) is 101 cm³/mol. The molecule has 1 aromatic heterocycles. The summed E-state index contributed by atoms with van der Waals surface area (Å²) in [6, 6.07) is 13.9. The molecule has 1 amide bonds. The molecule has 2 aromatic carbocycles. The molecule has 0 fully saturated rings. The largest absolute Gasteiger partial charge is 0.416 e. The molecule has 0 saturated heterocycles. The molecule has 0 spiro atoms. The van der Waals surface area contributed by atoms with Crippen LogP contribution in [0.4, 0.5) is 18.9 Å². The molecular formula is C20H14ClF3N2O2. The van der Waals surface area contributed by atoms with Gasteiger partial charge < -0.3 is 9.88 Å². The summed E-state index contributed by atoms with van der Waals surface area (Å²) in [6.07, 6.45) is -3.05. The van der Waals surface area contributed by atoms with E-state index in [1.54, 1.807) is 24.3 Å². The molecule has 1 N–H and O–H groups in total. The monoisotopic (exact) mass is 406 g/mol. The maximum absolute atomic E-state index is 12.9. The maximum atomic E-state index is 12.9. The van der Waals surface area contributed by atoms with Gasteiger partial charge in [0.2, 0.25) is 0 Å². The average Bonchev–Trinajstić information content (AvgIpc) is 2.65. The third kappa shape index (κ3) is 4.61. The zero-order valence-corrected chi connectivity index (χ0v) is 15.1. The molecule has 8 heteroatoms. The number of anilines is 1. The highest BCUT2D eigenvalue weighted by Gasteiger charge is 2.30. The fourth-order valence-electron chi connectivity index (χ4n) is 2.61. The fraction of sp³-hybridized carbons (Fsp3) is 0.100. The van der Waals surface area contributed by atoms with Gasteiger partial charge in [0.25, 0.3) is 11.5 Å². The number of halogens is 4. The van der Waals surface area contributed by atoms with Crippen molar-refractivity contribution in [2.24, 2.45) is 0 Å². The van der Waals surface area contributed by atoms with Gasteiger partial charge in [0.15, 0.2) is 0 Å². The van der Waals surface area contributed by atoms with Crippen LogP contribution in [-0.4, -0.2) is 10.5 Å². The number of hydrogen-bond acceptors (Lipinski definition) is 2. The number of aromatic nitrogens is 1. The van der Waals surface area contributed by atoms with Gasteiger partial charge in [-0.1, -0.05) is 23.7 Å². The van der Waals surface area contributed by atoms with Crippen molar-refractivity contribution in [2.75, 3.05) is 5.32 Å². The van der Waals surface area contributed by atoms with E-state index in [9.17, 15) is 22.8 Å². The summed E-state index contributed by atoms with van der Waals surface area (Å²) < 4.78 is 39.8. The highest BCUT2D eigenvalue weighted by atomic mass is 35.5. The molecule has 0 aliphatic rings. The van der Waals surface area contributed by atoms with Gasteiger partial charge in [-0.3, -0.25) is 9.59 Å². The van der Waals surface area contributed by atoms with Gasteiger partial charge in [-0.15, -0.1) is 0 Å². The lowest BCUT2D eigenvalue weighted by atomic mass is 10.1. The third-order valence-corrected chi connectivity index (χ3v) is 4.23. The van der Waals surface area contributed by atoms with Crippen LogP contribution in [0.1, 0.15) is 21.5 Å². The summed E-state index contributed by atoms with van der Waals surface area (Å²) >= 11 is 5.79.